The third-order valence-corrected chi connectivity index (χ3v) is 4.32. The molecule has 1 aromatic heterocycles. The summed E-state index contributed by atoms with van der Waals surface area (Å²) < 4.78 is 8.09. The molecule has 4 heteroatoms. The molecule has 1 N–H and O–H groups in total. The van der Waals surface area contributed by atoms with E-state index in [0.717, 1.165) is 24.4 Å². The van der Waals surface area contributed by atoms with Crippen molar-refractivity contribution in [2.75, 3.05) is 13.7 Å². The highest BCUT2D eigenvalue weighted by molar-refractivity contribution is 5.43. The van der Waals surface area contributed by atoms with Crippen molar-refractivity contribution in [3.8, 4) is 5.75 Å². The number of nitrogens with zero attached hydrogens (tertiary/aromatic N) is 2. The largest absolute Gasteiger partial charge is 0.493 e. The second kappa shape index (κ2) is 6.31. The maximum Gasteiger partial charge on any atom is 0.122 e. The van der Waals surface area contributed by atoms with Crippen molar-refractivity contribution >= 4 is 0 Å². The van der Waals surface area contributed by atoms with Gasteiger partial charge in [0.2, 0.25) is 0 Å². The number of aromatic nitrogens is 2. The van der Waals surface area contributed by atoms with Gasteiger partial charge in [-0.3, -0.25) is 0 Å². The average molecular weight is 285 g/mol. The van der Waals surface area contributed by atoms with Gasteiger partial charge in [-0.25, -0.2) is 4.98 Å². The Kier molecular flexibility index (Phi) is 4.25. The molecule has 0 amide bonds. The number of rotatable bonds is 5. The second-order valence-electron chi connectivity index (χ2n) is 5.61. The lowest BCUT2D eigenvalue weighted by atomic mass is 9.87. The molecule has 0 saturated heterocycles. The number of imidazole rings is 1. The number of aryl methyl sites for hydroxylation is 1. The highest BCUT2D eigenvalue weighted by Gasteiger charge is 2.21. The quantitative estimate of drug-likeness (QED) is 0.918. The summed E-state index contributed by atoms with van der Waals surface area (Å²) in [6, 6.07) is 6.88. The lowest BCUT2D eigenvalue weighted by Gasteiger charge is -2.26. The summed E-state index contributed by atoms with van der Waals surface area (Å²) in [4.78, 5) is 4.33. The van der Waals surface area contributed by atoms with Crippen LogP contribution in [0.25, 0.3) is 0 Å². The Hall–Kier alpha value is -1.81. The van der Waals surface area contributed by atoms with E-state index < -0.39 is 0 Å². The molecule has 1 aliphatic rings. The van der Waals surface area contributed by atoms with Gasteiger partial charge in [-0.05, 0) is 43.5 Å². The van der Waals surface area contributed by atoms with Crippen LogP contribution in [0, 0.1) is 0 Å². The van der Waals surface area contributed by atoms with Crippen molar-refractivity contribution < 1.29 is 4.74 Å². The fraction of sp³-hybridized carbons (Fsp3) is 0.471. The molecule has 112 valence electrons. The summed E-state index contributed by atoms with van der Waals surface area (Å²) >= 11 is 0. The molecule has 1 aromatic carbocycles. The average Bonchev–Trinajstić information content (AvgIpc) is 2.92. The molecule has 1 atom stereocenters. The van der Waals surface area contributed by atoms with Crippen molar-refractivity contribution in [1.29, 1.82) is 0 Å². The normalized spacial score (nSPS) is 17.5. The Bertz CT molecular complexity index is 606. The number of ether oxygens (including phenoxy) is 1. The Balaban J connectivity index is 1.70. The summed E-state index contributed by atoms with van der Waals surface area (Å²) in [6.45, 7) is 0.672. The molecule has 3 rings (SSSR count). The van der Waals surface area contributed by atoms with E-state index in [0.29, 0.717) is 12.6 Å². The molecule has 0 spiro atoms. The van der Waals surface area contributed by atoms with Gasteiger partial charge in [0.15, 0.2) is 0 Å². The highest BCUT2D eigenvalue weighted by Crippen LogP contribution is 2.35. The number of benzene rings is 1. The fourth-order valence-electron chi connectivity index (χ4n) is 3.14. The molecule has 0 saturated carbocycles. The number of nitrogens with one attached hydrogen (secondary N) is 1. The van der Waals surface area contributed by atoms with E-state index in [1.807, 2.05) is 31.1 Å². The van der Waals surface area contributed by atoms with Crippen molar-refractivity contribution in [1.82, 2.24) is 14.9 Å². The van der Waals surface area contributed by atoms with Crippen molar-refractivity contribution in [3.05, 3.63) is 47.5 Å². The van der Waals surface area contributed by atoms with Crippen molar-refractivity contribution in [2.24, 2.45) is 7.05 Å². The van der Waals surface area contributed by atoms with Crippen molar-refractivity contribution in [3.63, 3.8) is 0 Å². The van der Waals surface area contributed by atoms with Gasteiger partial charge in [-0.1, -0.05) is 12.1 Å². The van der Waals surface area contributed by atoms with E-state index in [1.165, 1.54) is 24.0 Å². The predicted octanol–water partition coefficient (Wildman–Crippen LogP) is 2.64. The van der Waals surface area contributed by atoms with Crippen LogP contribution in [-0.2, 0) is 19.9 Å². The maximum atomic E-state index is 6.04. The number of hydrogen-bond donors (Lipinski definition) is 1. The van der Waals surface area contributed by atoms with Crippen LogP contribution in [0.15, 0.2) is 30.6 Å². The van der Waals surface area contributed by atoms with Crippen LogP contribution in [0.2, 0.25) is 0 Å². The number of fused-ring (bicyclic) bond motifs is 1. The zero-order chi connectivity index (χ0) is 14.7. The van der Waals surface area contributed by atoms with Gasteiger partial charge in [0, 0.05) is 31.9 Å². The van der Waals surface area contributed by atoms with Gasteiger partial charge in [-0.2, -0.15) is 0 Å². The predicted molar refractivity (Wildman–Crippen MR) is 83.6 cm³/mol. The van der Waals surface area contributed by atoms with E-state index in [9.17, 15) is 0 Å². The van der Waals surface area contributed by atoms with E-state index >= 15 is 0 Å². The minimum atomic E-state index is 0.465. The monoisotopic (exact) mass is 285 g/mol. The van der Waals surface area contributed by atoms with Gasteiger partial charge in [0.05, 0.1) is 6.61 Å². The van der Waals surface area contributed by atoms with Crippen LogP contribution < -0.4 is 10.1 Å². The van der Waals surface area contributed by atoms with Gasteiger partial charge in [0.25, 0.3) is 0 Å². The van der Waals surface area contributed by atoms with Gasteiger partial charge in [-0.15, -0.1) is 0 Å². The van der Waals surface area contributed by atoms with Gasteiger partial charge >= 0.3 is 0 Å². The molecular formula is C17H23N3O. The summed E-state index contributed by atoms with van der Waals surface area (Å²) in [5, 5.41) is 3.40. The maximum absolute atomic E-state index is 6.04. The van der Waals surface area contributed by atoms with E-state index in [2.05, 4.69) is 28.5 Å². The summed E-state index contributed by atoms with van der Waals surface area (Å²) in [5.41, 5.74) is 2.78. The summed E-state index contributed by atoms with van der Waals surface area (Å²) in [6.07, 6.45) is 8.18. The molecule has 1 heterocycles. The minimum Gasteiger partial charge on any atom is -0.493 e. The Morgan fingerprint density at radius 1 is 1.43 bits per heavy atom. The van der Waals surface area contributed by atoms with E-state index in [-0.39, 0.29) is 0 Å². The Morgan fingerprint density at radius 3 is 3.10 bits per heavy atom. The number of hydrogen-bond acceptors (Lipinski definition) is 3. The van der Waals surface area contributed by atoms with Crippen LogP contribution >= 0.6 is 0 Å². The van der Waals surface area contributed by atoms with E-state index in [1.54, 1.807) is 0 Å². The Labute approximate surface area is 126 Å². The molecule has 1 aliphatic carbocycles. The topological polar surface area (TPSA) is 39.1 Å². The molecular weight excluding hydrogens is 262 g/mol. The molecule has 4 nitrogen and oxygen atoms in total. The third-order valence-electron chi connectivity index (χ3n) is 4.32. The molecule has 2 aromatic rings. The zero-order valence-corrected chi connectivity index (χ0v) is 12.8. The first-order chi connectivity index (χ1) is 10.3. The van der Waals surface area contributed by atoms with Crippen LogP contribution in [0.4, 0.5) is 0 Å². The van der Waals surface area contributed by atoms with Gasteiger partial charge < -0.3 is 14.6 Å². The lowest BCUT2D eigenvalue weighted by Crippen LogP contribution is -2.22. The van der Waals surface area contributed by atoms with Crippen LogP contribution in [0.1, 0.15) is 35.8 Å². The smallest absolute Gasteiger partial charge is 0.122 e. The first-order valence-electron chi connectivity index (χ1n) is 7.67. The summed E-state index contributed by atoms with van der Waals surface area (Å²) in [7, 11) is 4.05. The SMILES string of the molecule is CNC1CCCc2c(OCCc3nccn3C)cccc21. The minimum absolute atomic E-state index is 0.465. The standard InChI is InChI=1S/C17H23N3O/c1-18-15-7-3-6-14-13(15)5-4-8-16(14)21-12-9-17-19-10-11-20(17)2/h4-5,8,10-11,15,18H,3,6-7,9,12H2,1-2H3. The van der Waals surface area contributed by atoms with Crippen LogP contribution in [-0.4, -0.2) is 23.2 Å². The van der Waals surface area contributed by atoms with Gasteiger partial charge in [0.1, 0.15) is 11.6 Å². The summed E-state index contributed by atoms with van der Waals surface area (Å²) in [5.74, 6) is 2.11. The molecule has 21 heavy (non-hydrogen) atoms. The first-order valence-corrected chi connectivity index (χ1v) is 7.67. The molecule has 0 bridgehead atoms. The third kappa shape index (κ3) is 2.95. The highest BCUT2D eigenvalue weighted by atomic mass is 16.5. The van der Waals surface area contributed by atoms with E-state index in [4.69, 9.17) is 4.74 Å². The van der Waals surface area contributed by atoms with Crippen LogP contribution in [0.3, 0.4) is 0 Å². The molecule has 1 unspecified atom stereocenters. The van der Waals surface area contributed by atoms with Crippen LogP contribution in [0.5, 0.6) is 5.75 Å². The zero-order valence-electron chi connectivity index (χ0n) is 12.8. The molecule has 0 fully saturated rings. The molecule has 0 radical (unpaired) electrons. The van der Waals surface area contributed by atoms with Crippen molar-refractivity contribution in [2.45, 2.75) is 31.7 Å². The lowest BCUT2D eigenvalue weighted by molar-refractivity contribution is 0.311. The molecule has 0 aliphatic heterocycles. The first kappa shape index (κ1) is 14.1. The second-order valence-corrected chi connectivity index (χ2v) is 5.61. The fourth-order valence-corrected chi connectivity index (χ4v) is 3.14. The Morgan fingerprint density at radius 2 is 2.33 bits per heavy atom.